The molecule has 0 bridgehead atoms. The molecule has 1 heterocycles. The van der Waals surface area contributed by atoms with E-state index in [1.165, 1.54) is 13.2 Å². The van der Waals surface area contributed by atoms with Crippen molar-refractivity contribution in [1.29, 1.82) is 0 Å². The maximum Gasteiger partial charge on any atom is 0.244 e. The van der Waals surface area contributed by atoms with Crippen molar-refractivity contribution >= 4 is 27.0 Å². The van der Waals surface area contributed by atoms with Gasteiger partial charge in [-0.05, 0) is 36.1 Å². The summed E-state index contributed by atoms with van der Waals surface area (Å²) in [5, 5.41) is 1.96. The summed E-state index contributed by atoms with van der Waals surface area (Å²) < 4.78 is 32.1. The first-order valence-electron chi connectivity index (χ1n) is 5.98. The molecule has 0 fully saturated rings. The average Bonchev–Trinajstić information content (AvgIpc) is 2.91. The van der Waals surface area contributed by atoms with Gasteiger partial charge in [0.25, 0.3) is 0 Å². The maximum absolute atomic E-state index is 12.2. The van der Waals surface area contributed by atoms with E-state index in [0.29, 0.717) is 18.7 Å². The minimum atomic E-state index is -3.63. The molecule has 1 aromatic heterocycles. The molecule has 20 heavy (non-hydrogen) atoms. The molecular formula is C13H16N2O3S2. The predicted octanol–water partition coefficient (Wildman–Crippen LogP) is 1.86. The standard InChI is InChI=1S/C13H16N2O3S2/c1-18-12-5-4-10(14)9-13(12)20(16,17)15-7-6-11-3-2-8-19-11/h2-5,8-9,15H,6-7,14H2,1H3. The van der Waals surface area contributed by atoms with Crippen molar-refractivity contribution in [2.45, 2.75) is 11.3 Å². The normalized spacial score (nSPS) is 11.4. The summed E-state index contributed by atoms with van der Waals surface area (Å²) in [5.74, 6) is 0.280. The van der Waals surface area contributed by atoms with Crippen molar-refractivity contribution in [2.24, 2.45) is 0 Å². The van der Waals surface area contributed by atoms with E-state index in [4.69, 9.17) is 10.5 Å². The van der Waals surface area contributed by atoms with Gasteiger partial charge in [-0.1, -0.05) is 6.07 Å². The van der Waals surface area contributed by atoms with E-state index in [2.05, 4.69) is 4.72 Å². The lowest BCUT2D eigenvalue weighted by Crippen LogP contribution is -2.26. The van der Waals surface area contributed by atoms with Crippen LogP contribution in [-0.2, 0) is 16.4 Å². The number of nitrogens with one attached hydrogen (secondary N) is 1. The lowest BCUT2D eigenvalue weighted by Gasteiger charge is -2.11. The Balaban J connectivity index is 2.11. The molecule has 0 aliphatic carbocycles. The third-order valence-electron chi connectivity index (χ3n) is 2.72. The summed E-state index contributed by atoms with van der Waals surface area (Å²) in [7, 11) is -2.20. The number of ether oxygens (including phenoxy) is 1. The van der Waals surface area contributed by atoms with Gasteiger partial charge in [0.05, 0.1) is 7.11 Å². The fraction of sp³-hybridized carbons (Fsp3) is 0.231. The molecule has 0 radical (unpaired) electrons. The lowest BCUT2D eigenvalue weighted by molar-refractivity contribution is 0.402. The zero-order valence-corrected chi connectivity index (χ0v) is 12.6. The van der Waals surface area contributed by atoms with Crippen LogP contribution in [-0.4, -0.2) is 22.1 Å². The molecule has 0 unspecified atom stereocenters. The van der Waals surface area contributed by atoms with Crippen LogP contribution in [0.2, 0.25) is 0 Å². The molecule has 0 saturated heterocycles. The highest BCUT2D eigenvalue weighted by molar-refractivity contribution is 7.89. The summed E-state index contributed by atoms with van der Waals surface area (Å²) in [6.07, 6.45) is 0.654. The number of hydrogen-bond acceptors (Lipinski definition) is 5. The van der Waals surface area contributed by atoms with E-state index in [-0.39, 0.29) is 10.6 Å². The Kier molecular flexibility index (Phi) is 4.64. The van der Waals surface area contributed by atoms with Crippen LogP contribution in [0.1, 0.15) is 4.88 Å². The fourth-order valence-electron chi connectivity index (χ4n) is 1.74. The van der Waals surface area contributed by atoms with Gasteiger partial charge in [-0.15, -0.1) is 11.3 Å². The second-order valence-corrected chi connectivity index (χ2v) is 6.91. The molecule has 108 valence electrons. The smallest absolute Gasteiger partial charge is 0.244 e. The predicted molar refractivity (Wildman–Crippen MR) is 80.6 cm³/mol. The minimum Gasteiger partial charge on any atom is -0.495 e. The van der Waals surface area contributed by atoms with Gasteiger partial charge < -0.3 is 10.5 Å². The molecule has 2 aromatic rings. The first-order chi connectivity index (χ1) is 9.53. The topological polar surface area (TPSA) is 81.4 Å². The molecule has 0 amide bonds. The summed E-state index contributed by atoms with van der Waals surface area (Å²) in [6, 6.07) is 8.45. The monoisotopic (exact) mass is 312 g/mol. The van der Waals surface area contributed by atoms with Crippen LogP contribution in [0.15, 0.2) is 40.6 Å². The van der Waals surface area contributed by atoms with Crippen LogP contribution in [0.5, 0.6) is 5.75 Å². The number of rotatable bonds is 6. The molecule has 1 aromatic carbocycles. The second-order valence-electron chi connectivity index (χ2n) is 4.14. The van der Waals surface area contributed by atoms with Crippen molar-refractivity contribution in [3.8, 4) is 5.75 Å². The number of benzene rings is 1. The average molecular weight is 312 g/mol. The van der Waals surface area contributed by atoms with Gasteiger partial charge in [0.15, 0.2) is 0 Å². The quantitative estimate of drug-likeness (QED) is 0.798. The van der Waals surface area contributed by atoms with Gasteiger partial charge in [-0.25, -0.2) is 13.1 Å². The van der Waals surface area contributed by atoms with Gasteiger partial charge in [-0.3, -0.25) is 0 Å². The molecule has 3 N–H and O–H groups in total. The first-order valence-corrected chi connectivity index (χ1v) is 8.35. The second kappa shape index (κ2) is 6.25. The first kappa shape index (κ1) is 14.8. The van der Waals surface area contributed by atoms with Crippen molar-refractivity contribution in [1.82, 2.24) is 4.72 Å². The molecule has 0 aliphatic rings. The number of methoxy groups -OCH3 is 1. The largest absolute Gasteiger partial charge is 0.495 e. The van der Waals surface area contributed by atoms with E-state index < -0.39 is 10.0 Å². The third kappa shape index (κ3) is 3.50. The maximum atomic E-state index is 12.2. The SMILES string of the molecule is COc1ccc(N)cc1S(=O)(=O)NCCc1cccs1. The zero-order chi connectivity index (χ0) is 14.6. The van der Waals surface area contributed by atoms with Crippen LogP contribution >= 0.6 is 11.3 Å². The van der Waals surface area contributed by atoms with Crippen LogP contribution in [0.25, 0.3) is 0 Å². The molecule has 0 spiro atoms. The van der Waals surface area contributed by atoms with Gasteiger partial charge in [-0.2, -0.15) is 0 Å². The van der Waals surface area contributed by atoms with Crippen molar-refractivity contribution in [3.05, 3.63) is 40.6 Å². The van der Waals surface area contributed by atoms with E-state index in [0.717, 1.165) is 4.88 Å². The Hall–Kier alpha value is -1.57. The van der Waals surface area contributed by atoms with E-state index >= 15 is 0 Å². The Morgan fingerprint density at radius 3 is 2.80 bits per heavy atom. The molecule has 0 saturated carbocycles. The Morgan fingerprint density at radius 2 is 2.15 bits per heavy atom. The highest BCUT2D eigenvalue weighted by Gasteiger charge is 2.19. The molecule has 7 heteroatoms. The lowest BCUT2D eigenvalue weighted by atomic mass is 10.3. The minimum absolute atomic E-state index is 0.0613. The third-order valence-corrected chi connectivity index (χ3v) is 5.14. The Labute approximate surface area is 122 Å². The zero-order valence-electron chi connectivity index (χ0n) is 11.0. The van der Waals surface area contributed by atoms with Crippen LogP contribution in [0, 0.1) is 0 Å². The van der Waals surface area contributed by atoms with Gasteiger partial charge in [0.1, 0.15) is 10.6 Å². The number of thiophene rings is 1. The highest BCUT2D eigenvalue weighted by atomic mass is 32.2. The van der Waals surface area contributed by atoms with Crippen LogP contribution in [0.4, 0.5) is 5.69 Å². The summed E-state index contributed by atoms with van der Waals surface area (Å²) in [4.78, 5) is 1.19. The van der Waals surface area contributed by atoms with E-state index in [1.807, 2.05) is 17.5 Å². The van der Waals surface area contributed by atoms with E-state index in [9.17, 15) is 8.42 Å². The Bertz CT molecular complexity index is 667. The summed E-state index contributed by atoms with van der Waals surface area (Å²) in [6.45, 7) is 0.334. The Morgan fingerprint density at radius 1 is 1.35 bits per heavy atom. The molecule has 5 nitrogen and oxygen atoms in total. The number of sulfonamides is 1. The van der Waals surface area contributed by atoms with E-state index in [1.54, 1.807) is 23.5 Å². The van der Waals surface area contributed by atoms with Crippen molar-refractivity contribution in [3.63, 3.8) is 0 Å². The molecule has 0 aliphatic heterocycles. The fourth-order valence-corrected chi connectivity index (χ4v) is 3.69. The number of hydrogen-bond donors (Lipinski definition) is 2. The van der Waals surface area contributed by atoms with Crippen molar-refractivity contribution in [2.75, 3.05) is 19.4 Å². The summed E-state index contributed by atoms with van der Waals surface area (Å²) >= 11 is 1.60. The van der Waals surface area contributed by atoms with Gasteiger partial charge >= 0.3 is 0 Å². The number of anilines is 1. The van der Waals surface area contributed by atoms with Gasteiger partial charge in [0, 0.05) is 17.1 Å². The number of nitrogens with two attached hydrogens (primary N) is 1. The van der Waals surface area contributed by atoms with Crippen LogP contribution < -0.4 is 15.2 Å². The molecule has 0 atom stereocenters. The van der Waals surface area contributed by atoms with Crippen LogP contribution in [0.3, 0.4) is 0 Å². The number of nitrogen functional groups attached to an aromatic ring is 1. The molecule has 2 rings (SSSR count). The van der Waals surface area contributed by atoms with Crippen molar-refractivity contribution < 1.29 is 13.2 Å². The highest BCUT2D eigenvalue weighted by Crippen LogP contribution is 2.25. The van der Waals surface area contributed by atoms with Gasteiger partial charge in [0.2, 0.25) is 10.0 Å². The summed E-state index contributed by atoms with van der Waals surface area (Å²) in [5.41, 5.74) is 6.02. The molecular weight excluding hydrogens is 296 g/mol.